The molecule has 2 N–H and O–H groups in total. The van der Waals surface area contributed by atoms with Gasteiger partial charge < -0.3 is 20.1 Å². The fourth-order valence-corrected chi connectivity index (χ4v) is 3.95. The lowest BCUT2D eigenvalue weighted by Crippen LogP contribution is -2.18. The first-order chi connectivity index (χ1) is 17.9. The summed E-state index contributed by atoms with van der Waals surface area (Å²) in [5.41, 5.74) is 1.47. The van der Waals surface area contributed by atoms with Gasteiger partial charge in [-0.05, 0) is 49.2 Å². The lowest BCUT2D eigenvalue weighted by molar-refractivity contribution is -0.274. The Kier molecular flexibility index (Phi) is 8.72. The molecule has 0 fully saturated rings. The molecule has 0 aliphatic carbocycles. The quantitative estimate of drug-likeness (QED) is 0.191. The van der Waals surface area contributed by atoms with Crippen molar-refractivity contribution < 1.29 is 22.6 Å². The fraction of sp³-hybridized carbons (Fsp3) is 0.296. The number of nitriles is 1. The number of alkyl halides is 3. The summed E-state index contributed by atoms with van der Waals surface area (Å²) in [7, 11) is 0. The minimum atomic E-state index is -4.83. The molecule has 192 valence electrons. The lowest BCUT2D eigenvalue weighted by atomic mass is 10.1. The fourth-order valence-electron chi connectivity index (χ4n) is 3.95. The molecule has 2 aromatic carbocycles. The van der Waals surface area contributed by atoms with Crippen LogP contribution < -0.4 is 15.4 Å². The van der Waals surface area contributed by atoms with Gasteiger partial charge in [-0.15, -0.1) is 13.2 Å². The van der Waals surface area contributed by atoms with Crippen LogP contribution in [0.4, 0.5) is 19.0 Å². The summed E-state index contributed by atoms with van der Waals surface area (Å²) in [5, 5.41) is 18.8. The molecule has 2 heterocycles. The number of aromatic nitrogens is 2. The summed E-state index contributed by atoms with van der Waals surface area (Å²) in [4.78, 5) is 9.00. The van der Waals surface area contributed by atoms with E-state index in [0.29, 0.717) is 38.4 Å². The molecular weight excluding hydrogens is 483 g/mol. The van der Waals surface area contributed by atoms with Crippen molar-refractivity contribution in [2.24, 2.45) is 0 Å². The zero-order valence-corrected chi connectivity index (χ0v) is 20.0. The zero-order chi connectivity index (χ0) is 26.1. The number of benzene rings is 2. The first-order valence-corrected chi connectivity index (χ1v) is 11.9. The van der Waals surface area contributed by atoms with E-state index < -0.39 is 12.1 Å². The molecule has 37 heavy (non-hydrogen) atoms. The number of hydrogen-bond acceptors (Lipinski definition) is 7. The monoisotopic (exact) mass is 509 g/mol. The average molecular weight is 510 g/mol. The summed E-state index contributed by atoms with van der Waals surface area (Å²) in [5.74, 6) is 0.313. The van der Waals surface area contributed by atoms with Crippen molar-refractivity contribution in [2.75, 3.05) is 31.6 Å². The SMILES string of the molecule is N#Cc1cc(CNCCCCOCCNc2nc3ccccc3c3cnccc23)ccc1OC(F)(F)F. The second-order valence-electron chi connectivity index (χ2n) is 8.31. The number of ether oxygens (including phenoxy) is 2. The molecule has 10 heteroatoms. The van der Waals surface area contributed by atoms with Crippen LogP contribution in [-0.2, 0) is 11.3 Å². The molecule has 0 aliphatic heterocycles. The van der Waals surface area contributed by atoms with Crippen molar-refractivity contribution in [2.45, 2.75) is 25.7 Å². The van der Waals surface area contributed by atoms with Gasteiger partial charge >= 0.3 is 6.36 Å². The van der Waals surface area contributed by atoms with E-state index >= 15 is 0 Å². The van der Waals surface area contributed by atoms with Crippen molar-refractivity contribution in [1.29, 1.82) is 5.26 Å². The maximum Gasteiger partial charge on any atom is 0.573 e. The highest BCUT2D eigenvalue weighted by atomic mass is 19.4. The molecule has 0 atom stereocenters. The molecule has 4 rings (SSSR count). The van der Waals surface area contributed by atoms with Crippen LogP contribution in [0.2, 0.25) is 0 Å². The average Bonchev–Trinajstić information content (AvgIpc) is 2.89. The van der Waals surface area contributed by atoms with Crippen molar-refractivity contribution in [3.05, 3.63) is 72.1 Å². The van der Waals surface area contributed by atoms with Gasteiger partial charge in [0.15, 0.2) is 0 Å². The van der Waals surface area contributed by atoms with E-state index in [0.717, 1.165) is 46.4 Å². The number of rotatable bonds is 12. The van der Waals surface area contributed by atoms with Crippen molar-refractivity contribution in [3.63, 3.8) is 0 Å². The van der Waals surface area contributed by atoms with Crippen LogP contribution in [0.25, 0.3) is 21.7 Å². The number of para-hydroxylation sites is 1. The first-order valence-electron chi connectivity index (χ1n) is 11.9. The predicted octanol–water partition coefficient (Wildman–Crippen LogP) is 5.55. The highest BCUT2D eigenvalue weighted by molar-refractivity contribution is 6.09. The Morgan fingerprint density at radius 3 is 2.65 bits per heavy atom. The van der Waals surface area contributed by atoms with Gasteiger partial charge in [0.05, 0.1) is 17.7 Å². The molecule has 0 unspecified atom stereocenters. The van der Waals surface area contributed by atoms with Crippen molar-refractivity contribution in [1.82, 2.24) is 15.3 Å². The van der Waals surface area contributed by atoms with E-state index in [1.54, 1.807) is 12.3 Å². The lowest BCUT2D eigenvalue weighted by Gasteiger charge is -2.12. The molecule has 0 amide bonds. The normalized spacial score (nSPS) is 11.5. The third-order valence-electron chi connectivity index (χ3n) is 5.65. The molecule has 0 saturated heterocycles. The van der Waals surface area contributed by atoms with Crippen LogP contribution in [0.15, 0.2) is 60.9 Å². The molecule has 4 aromatic rings. The number of nitrogens with zero attached hydrogens (tertiary/aromatic N) is 3. The van der Waals surface area contributed by atoms with Gasteiger partial charge in [-0.1, -0.05) is 24.3 Å². The number of halogens is 3. The molecule has 0 bridgehead atoms. The van der Waals surface area contributed by atoms with Gasteiger partial charge in [-0.3, -0.25) is 4.98 Å². The van der Waals surface area contributed by atoms with Crippen molar-refractivity contribution >= 4 is 27.5 Å². The van der Waals surface area contributed by atoms with E-state index in [2.05, 4.69) is 20.4 Å². The molecule has 0 radical (unpaired) electrons. The van der Waals surface area contributed by atoms with Gasteiger partial charge in [0.2, 0.25) is 0 Å². The molecule has 0 aliphatic rings. The summed E-state index contributed by atoms with van der Waals surface area (Å²) in [6.07, 6.45) is 0.515. The largest absolute Gasteiger partial charge is 0.573 e. The van der Waals surface area contributed by atoms with Gasteiger partial charge in [0, 0.05) is 48.2 Å². The van der Waals surface area contributed by atoms with Gasteiger partial charge in [-0.25, -0.2) is 4.98 Å². The standard InChI is InChI=1S/C27H26F3N5O2/c28-27(29,30)37-25-8-7-19(15-20(25)16-31)17-32-10-3-4-13-36-14-12-34-26-22-9-11-33-18-23(22)21-5-1-2-6-24(21)35-26/h1-2,5-9,11,15,18,32H,3-4,10,12-14,17H2,(H,34,35). The highest BCUT2D eigenvalue weighted by Crippen LogP contribution is 2.28. The van der Waals surface area contributed by atoms with Crippen LogP contribution in [-0.4, -0.2) is 42.6 Å². The van der Waals surface area contributed by atoms with E-state index in [1.807, 2.05) is 36.5 Å². The smallest absolute Gasteiger partial charge is 0.404 e. The second-order valence-corrected chi connectivity index (χ2v) is 8.31. The van der Waals surface area contributed by atoms with E-state index in [4.69, 9.17) is 15.0 Å². The Bertz CT molecular complexity index is 1390. The number of anilines is 1. The summed E-state index contributed by atoms with van der Waals surface area (Å²) in [6, 6.07) is 15.7. The minimum Gasteiger partial charge on any atom is -0.404 e. The first kappa shape index (κ1) is 26.1. The van der Waals surface area contributed by atoms with Gasteiger partial charge in [-0.2, -0.15) is 5.26 Å². The van der Waals surface area contributed by atoms with Crippen LogP contribution in [0, 0.1) is 11.3 Å². The second kappa shape index (κ2) is 12.3. The molecule has 0 spiro atoms. The van der Waals surface area contributed by atoms with Crippen LogP contribution in [0.5, 0.6) is 5.75 Å². The Morgan fingerprint density at radius 1 is 0.946 bits per heavy atom. The Hall–Kier alpha value is -3.94. The zero-order valence-electron chi connectivity index (χ0n) is 20.0. The summed E-state index contributed by atoms with van der Waals surface area (Å²) in [6.45, 7) is 2.93. The van der Waals surface area contributed by atoms with E-state index in [-0.39, 0.29) is 5.56 Å². The van der Waals surface area contributed by atoms with Crippen LogP contribution >= 0.6 is 0 Å². The maximum absolute atomic E-state index is 12.4. The third-order valence-corrected chi connectivity index (χ3v) is 5.65. The van der Waals surface area contributed by atoms with E-state index in [1.165, 1.54) is 12.1 Å². The van der Waals surface area contributed by atoms with Crippen LogP contribution in [0.1, 0.15) is 24.0 Å². The van der Waals surface area contributed by atoms with Crippen molar-refractivity contribution in [3.8, 4) is 11.8 Å². The maximum atomic E-state index is 12.4. The number of unbranched alkanes of at least 4 members (excludes halogenated alkanes) is 1. The molecule has 2 aromatic heterocycles. The molecule has 7 nitrogen and oxygen atoms in total. The summed E-state index contributed by atoms with van der Waals surface area (Å²) >= 11 is 0. The highest BCUT2D eigenvalue weighted by Gasteiger charge is 2.32. The summed E-state index contributed by atoms with van der Waals surface area (Å²) < 4.78 is 46.8. The predicted molar refractivity (Wildman–Crippen MR) is 135 cm³/mol. The van der Waals surface area contributed by atoms with Crippen LogP contribution in [0.3, 0.4) is 0 Å². The molecular formula is C27H26F3N5O2. The topological polar surface area (TPSA) is 92.1 Å². The third kappa shape index (κ3) is 7.29. The van der Waals surface area contributed by atoms with Gasteiger partial charge in [0.25, 0.3) is 0 Å². The Morgan fingerprint density at radius 2 is 1.81 bits per heavy atom. The number of hydrogen-bond donors (Lipinski definition) is 2. The Balaban J connectivity index is 1.13. The number of nitrogens with one attached hydrogen (secondary N) is 2. The Labute approximate surface area is 212 Å². The van der Waals surface area contributed by atoms with E-state index in [9.17, 15) is 13.2 Å². The molecule has 0 saturated carbocycles. The minimum absolute atomic E-state index is 0.151. The number of pyridine rings is 2. The van der Waals surface area contributed by atoms with Gasteiger partial charge in [0.1, 0.15) is 17.6 Å². The number of fused-ring (bicyclic) bond motifs is 3.